The van der Waals surface area contributed by atoms with Crippen LogP contribution in [0.2, 0.25) is 0 Å². The lowest BCUT2D eigenvalue weighted by Crippen LogP contribution is -2.33. The van der Waals surface area contributed by atoms with E-state index in [1.165, 1.54) is 0 Å². The Bertz CT molecular complexity index is 1130. The van der Waals surface area contributed by atoms with Crippen LogP contribution < -0.4 is 4.72 Å². The van der Waals surface area contributed by atoms with E-state index in [0.717, 1.165) is 36.1 Å². The molecule has 0 radical (unpaired) electrons. The van der Waals surface area contributed by atoms with Gasteiger partial charge in [-0.2, -0.15) is 0 Å². The third-order valence-electron chi connectivity index (χ3n) is 5.58. The number of sulfonamides is 1. The molecule has 4 rings (SSSR count). The average Bonchev–Trinajstić information content (AvgIpc) is 3.14. The highest BCUT2D eigenvalue weighted by Crippen LogP contribution is 2.38. The molecular formula is C21H25N3O3S. The fraction of sp³-hybridized carbons (Fsp3) is 0.429. The van der Waals surface area contributed by atoms with Gasteiger partial charge >= 0.3 is 0 Å². The van der Waals surface area contributed by atoms with Crippen molar-refractivity contribution in [3.8, 4) is 11.1 Å². The topological polar surface area (TPSA) is 85.1 Å². The van der Waals surface area contributed by atoms with Crippen molar-refractivity contribution in [3.05, 3.63) is 41.9 Å². The van der Waals surface area contributed by atoms with Crippen molar-refractivity contribution in [2.45, 2.75) is 57.9 Å². The summed E-state index contributed by atoms with van der Waals surface area (Å²) in [6, 6.07) is 7.11. The van der Waals surface area contributed by atoms with Gasteiger partial charge in [0, 0.05) is 23.2 Å². The van der Waals surface area contributed by atoms with Crippen LogP contribution in [0.25, 0.3) is 22.0 Å². The van der Waals surface area contributed by atoms with Gasteiger partial charge in [-0.25, -0.2) is 13.1 Å². The van der Waals surface area contributed by atoms with Crippen LogP contribution in [0.4, 0.5) is 0 Å². The first-order valence-corrected chi connectivity index (χ1v) is 11.0. The lowest BCUT2D eigenvalue weighted by molar-refractivity contribution is 0.372. The van der Waals surface area contributed by atoms with Crippen molar-refractivity contribution >= 4 is 20.9 Å². The highest BCUT2D eigenvalue weighted by molar-refractivity contribution is 7.89. The van der Waals surface area contributed by atoms with E-state index in [1.807, 2.05) is 19.9 Å². The van der Waals surface area contributed by atoms with Crippen LogP contribution in [0, 0.1) is 19.3 Å². The normalized spacial score (nSPS) is 19.4. The SMILES string of the molecule is Cc1noc(C)c1-c1cc(S(=O)(=O)NC2CCC(C)(C)C2)c2cccnc2c1. The summed E-state index contributed by atoms with van der Waals surface area (Å²) in [5.74, 6) is 0.654. The van der Waals surface area contributed by atoms with Crippen LogP contribution in [-0.4, -0.2) is 24.6 Å². The summed E-state index contributed by atoms with van der Waals surface area (Å²) in [6.07, 6.45) is 4.38. The molecule has 1 aliphatic rings. The number of rotatable bonds is 4. The predicted molar refractivity (Wildman–Crippen MR) is 108 cm³/mol. The number of aryl methyl sites for hydroxylation is 2. The van der Waals surface area contributed by atoms with Gasteiger partial charge in [0.15, 0.2) is 0 Å². The summed E-state index contributed by atoms with van der Waals surface area (Å²) >= 11 is 0. The van der Waals surface area contributed by atoms with Crippen LogP contribution in [0.3, 0.4) is 0 Å². The van der Waals surface area contributed by atoms with Crippen molar-refractivity contribution < 1.29 is 12.9 Å². The van der Waals surface area contributed by atoms with Gasteiger partial charge < -0.3 is 4.52 Å². The molecule has 7 heteroatoms. The van der Waals surface area contributed by atoms with E-state index in [-0.39, 0.29) is 16.4 Å². The molecule has 1 unspecified atom stereocenters. The van der Waals surface area contributed by atoms with Gasteiger partial charge in [-0.3, -0.25) is 4.98 Å². The van der Waals surface area contributed by atoms with Gasteiger partial charge in [0.05, 0.1) is 16.1 Å². The molecule has 1 atom stereocenters. The first kappa shape index (κ1) is 19.1. The molecule has 6 nitrogen and oxygen atoms in total. The summed E-state index contributed by atoms with van der Waals surface area (Å²) in [5, 5.41) is 4.62. The van der Waals surface area contributed by atoms with Crippen molar-refractivity contribution in [1.29, 1.82) is 0 Å². The Kier molecular flexibility index (Phi) is 4.55. The lowest BCUT2D eigenvalue weighted by Gasteiger charge is -2.18. The molecule has 1 aromatic carbocycles. The minimum Gasteiger partial charge on any atom is -0.361 e. The molecule has 0 amide bonds. The van der Waals surface area contributed by atoms with Gasteiger partial charge in [-0.15, -0.1) is 0 Å². The van der Waals surface area contributed by atoms with Crippen LogP contribution in [-0.2, 0) is 10.0 Å². The molecule has 2 aromatic heterocycles. The summed E-state index contributed by atoms with van der Waals surface area (Å²) in [6.45, 7) is 8.03. The molecule has 1 aliphatic carbocycles. The molecule has 0 saturated heterocycles. The van der Waals surface area contributed by atoms with E-state index in [1.54, 1.807) is 24.4 Å². The fourth-order valence-electron chi connectivity index (χ4n) is 4.23. The van der Waals surface area contributed by atoms with Crippen molar-refractivity contribution in [2.75, 3.05) is 0 Å². The number of hydrogen-bond donors (Lipinski definition) is 1. The molecule has 3 aromatic rings. The fourth-order valence-corrected chi connectivity index (χ4v) is 5.74. The number of nitrogens with one attached hydrogen (secondary N) is 1. The summed E-state index contributed by atoms with van der Waals surface area (Å²) in [5.41, 5.74) is 3.07. The molecule has 0 spiro atoms. The third kappa shape index (κ3) is 3.44. The molecule has 1 saturated carbocycles. The molecule has 0 aliphatic heterocycles. The zero-order chi connectivity index (χ0) is 20.1. The monoisotopic (exact) mass is 399 g/mol. The quantitative estimate of drug-likeness (QED) is 0.704. The molecule has 1 fully saturated rings. The maximum Gasteiger partial charge on any atom is 0.241 e. The highest BCUT2D eigenvalue weighted by atomic mass is 32.2. The van der Waals surface area contributed by atoms with Crippen LogP contribution in [0.5, 0.6) is 0 Å². The highest BCUT2D eigenvalue weighted by Gasteiger charge is 2.34. The predicted octanol–water partition coefficient (Wildman–Crippen LogP) is 4.36. The number of fused-ring (bicyclic) bond motifs is 1. The van der Waals surface area contributed by atoms with E-state index in [2.05, 4.69) is 28.7 Å². The maximum absolute atomic E-state index is 13.3. The molecular weight excluding hydrogens is 374 g/mol. The van der Waals surface area contributed by atoms with Crippen molar-refractivity contribution in [2.24, 2.45) is 5.41 Å². The largest absolute Gasteiger partial charge is 0.361 e. The molecule has 148 valence electrons. The van der Waals surface area contributed by atoms with Gasteiger partial charge in [0.2, 0.25) is 10.0 Å². The van der Waals surface area contributed by atoms with Crippen molar-refractivity contribution in [1.82, 2.24) is 14.9 Å². The van der Waals surface area contributed by atoms with Gasteiger partial charge in [0.25, 0.3) is 0 Å². The lowest BCUT2D eigenvalue weighted by atomic mass is 9.92. The van der Waals surface area contributed by atoms with Crippen LogP contribution in [0.1, 0.15) is 44.6 Å². The summed E-state index contributed by atoms with van der Waals surface area (Å²) in [7, 11) is -3.70. The number of aromatic nitrogens is 2. The second-order valence-corrected chi connectivity index (χ2v) is 10.2. The van der Waals surface area contributed by atoms with E-state index < -0.39 is 10.0 Å². The van der Waals surface area contributed by atoms with E-state index >= 15 is 0 Å². The second-order valence-electron chi connectivity index (χ2n) is 8.47. The van der Waals surface area contributed by atoms with E-state index in [4.69, 9.17) is 4.52 Å². The first-order valence-electron chi connectivity index (χ1n) is 9.51. The Morgan fingerprint density at radius 1 is 1.25 bits per heavy atom. The third-order valence-corrected chi connectivity index (χ3v) is 7.15. The molecule has 1 N–H and O–H groups in total. The Labute approximate surface area is 165 Å². The minimum atomic E-state index is -3.70. The first-order chi connectivity index (χ1) is 13.2. The number of benzene rings is 1. The number of pyridine rings is 1. The minimum absolute atomic E-state index is 0.0468. The van der Waals surface area contributed by atoms with Crippen LogP contribution >= 0.6 is 0 Å². The Morgan fingerprint density at radius 3 is 2.68 bits per heavy atom. The zero-order valence-electron chi connectivity index (χ0n) is 16.6. The molecule has 28 heavy (non-hydrogen) atoms. The number of nitrogens with zero attached hydrogens (tertiary/aromatic N) is 2. The Balaban J connectivity index is 1.84. The van der Waals surface area contributed by atoms with Crippen LogP contribution in [0.15, 0.2) is 39.9 Å². The summed E-state index contributed by atoms with van der Waals surface area (Å²) in [4.78, 5) is 4.64. The Morgan fingerprint density at radius 2 is 2.04 bits per heavy atom. The van der Waals surface area contributed by atoms with Gasteiger partial charge in [-0.1, -0.05) is 19.0 Å². The maximum atomic E-state index is 13.3. The standard InChI is InChI=1S/C21H25N3O3S/c1-13-20(14(2)27-23-13)15-10-18-17(6-5-9-22-18)19(11-15)28(25,26)24-16-7-8-21(3,4)12-16/h5-6,9-11,16,24H,7-8,12H2,1-4H3. The number of hydrogen-bond acceptors (Lipinski definition) is 5. The Hall–Kier alpha value is -2.25. The van der Waals surface area contributed by atoms with Gasteiger partial charge in [0.1, 0.15) is 5.76 Å². The molecule has 0 bridgehead atoms. The smallest absolute Gasteiger partial charge is 0.241 e. The van der Waals surface area contributed by atoms with E-state index in [9.17, 15) is 8.42 Å². The van der Waals surface area contributed by atoms with Gasteiger partial charge in [-0.05, 0) is 68.4 Å². The van der Waals surface area contributed by atoms with Crippen molar-refractivity contribution in [3.63, 3.8) is 0 Å². The van der Waals surface area contributed by atoms with E-state index in [0.29, 0.717) is 16.7 Å². The average molecular weight is 400 g/mol. The zero-order valence-corrected chi connectivity index (χ0v) is 17.4. The molecule has 2 heterocycles. The second kappa shape index (κ2) is 6.67. The summed E-state index contributed by atoms with van der Waals surface area (Å²) < 4.78 is 34.9.